The largest absolute Gasteiger partial charge is 0.402 e. The molecule has 1 aliphatic heterocycles. The van der Waals surface area contributed by atoms with E-state index in [0.29, 0.717) is 18.0 Å². The summed E-state index contributed by atoms with van der Waals surface area (Å²) in [5.41, 5.74) is 9.97. The lowest BCUT2D eigenvalue weighted by atomic mass is 10.1. The number of nitrogens with zero attached hydrogens (tertiary/aromatic N) is 5. The second kappa shape index (κ2) is 9.90. The lowest BCUT2D eigenvalue weighted by molar-refractivity contribution is 0.280. The Labute approximate surface area is 179 Å². The predicted octanol–water partition coefficient (Wildman–Crippen LogP) is 2.39. The molecule has 30 heavy (non-hydrogen) atoms. The van der Waals surface area contributed by atoms with E-state index in [9.17, 15) is 8.60 Å². The molecule has 9 heteroatoms. The molecule has 3 rings (SSSR count). The van der Waals surface area contributed by atoms with E-state index in [1.165, 1.54) is 12.1 Å². The Morgan fingerprint density at radius 1 is 1.13 bits per heavy atom. The number of anilines is 1. The van der Waals surface area contributed by atoms with Gasteiger partial charge in [-0.25, -0.2) is 13.6 Å². The van der Waals surface area contributed by atoms with Gasteiger partial charge in [-0.15, -0.1) is 0 Å². The molecule has 1 fully saturated rings. The van der Waals surface area contributed by atoms with Crippen molar-refractivity contribution in [3.8, 4) is 11.3 Å². The molecule has 1 aromatic heterocycles. The van der Waals surface area contributed by atoms with Crippen molar-refractivity contribution < 1.29 is 8.60 Å². The first-order valence-corrected chi connectivity index (χ1v) is 11.3. The SMILES string of the molecule is C/C(N)=C(CN1CCN(c2nccnc2-c2ccc(F)cc2)CC1)/C(C)=N/S(C)=O. The fourth-order valence-corrected chi connectivity index (χ4v) is 3.98. The molecule has 2 N–H and O–H groups in total. The maximum atomic E-state index is 13.3. The number of nitrogens with two attached hydrogens (primary N) is 1. The molecule has 0 bridgehead atoms. The van der Waals surface area contributed by atoms with E-state index in [4.69, 9.17) is 5.73 Å². The molecule has 0 saturated carbocycles. The van der Waals surface area contributed by atoms with Crippen LogP contribution in [0.25, 0.3) is 11.3 Å². The van der Waals surface area contributed by atoms with Crippen LogP contribution in [-0.2, 0) is 11.0 Å². The number of benzene rings is 1. The summed E-state index contributed by atoms with van der Waals surface area (Å²) in [6, 6.07) is 6.31. The number of hydrogen-bond acceptors (Lipinski definition) is 6. The smallest absolute Gasteiger partial charge is 0.155 e. The average Bonchev–Trinajstić information content (AvgIpc) is 2.72. The van der Waals surface area contributed by atoms with E-state index >= 15 is 0 Å². The summed E-state index contributed by atoms with van der Waals surface area (Å²) in [4.78, 5) is 13.5. The number of halogens is 1. The van der Waals surface area contributed by atoms with Crippen LogP contribution in [0.3, 0.4) is 0 Å². The van der Waals surface area contributed by atoms with Crippen molar-refractivity contribution in [3.05, 3.63) is 53.7 Å². The predicted molar refractivity (Wildman–Crippen MR) is 120 cm³/mol. The molecule has 1 aromatic carbocycles. The van der Waals surface area contributed by atoms with E-state index in [1.807, 2.05) is 13.8 Å². The van der Waals surface area contributed by atoms with Gasteiger partial charge >= 0.3 is 0 Å². The third-order valence-corrected chi connectivity index (χ3v) is 5.56. The molecule has 0 amide bonds. The summed E-state index contributed by atoms with van der Waals surface area (Å²) in [6.45, 7) is 7.54. The fourth-order valence-electron chi connectivity index (χ4n) is 3.49. The second-order valence-electron chi connectivity index (χ2n) is 7.26. The molecule has 160 valence electrons. The maximum Gasteiger partial charge on any atom is 0.155 e. The molecule has 2 heterocycles. The first-order valence-electron chi connectivity index (χ1n) is 9.74. The first kappa shape index (κ1) is 22.0. The Bertz CT molecular complexity index is 964. The van der Waals surface area contributed by atoms with E-state index in [1.54, 1.807) is 30.8 Å². The Morgan fingerprint density at radius 2 is 1.77 bits per heavy atom. The molecule has 1 saturated heterocycles. The molecule has 1 atom stereocenters. The Hall–Kier alpha value is -2.65. The first-order chi connectivity index (χ1) is 14.3. The van der Waals surface area contributed by atoms with Crippen LogP contribution < -0.4 is 10.6 Å². The number of aromatic nitrogens is 2. The maximum absolute atomic E-state index is 13.3. The quantitative estimate of drug-likeness (QED) is 0.708. The minimum Gasteiger partial charge on any atom is -0.402 e. The van der Waals surface area contributed by atoms with Crippen LogP contribution >= 0.6 is 0 Å². The standard InChI is InChI=1S/C21H27FN6OS/c1-15(23)19(16(2)26-30(3)29)14-27-10-12-28(13-11-27)21-20(24-8-9-25-21)17-4-6-18(22)7-5-17/h4-9H,10-14,23H2,1-3H3/b19-15-,26-16+. The van der Waals surface area contributed by atoms with E-state index in [0.717, 1.165) is 48.8 Å². The summed E-state index contributed by atoms with van der Waals surface area (Å²) < 4.78 is 28.9. The Morgan fingerprint density at radius 3 is 2.37 bits per heavy atom. The third kappa shape index (κ3) is 5.48. The van der Waals surface area contributed by atoms with Gasteiger partial charge in [-0.3, -0.25) is 9.88 Å². The van der Waals surface area contributed by atoms with Gasteiger partial charge in [0, 0.05) is 68.2 Å². The molecule has 0 radical (unpaired) electrons. The highest BCUT2D eigenvalue weighted by molar-refractivity contribution is 7.83. The second-order valence-corrected chi connectivity index (χ2v) is 8.29. The van der Waals surface area contributed by atoms with Gasteiger partial charge < -0.3 is 10.6 Å². The van der Waals surface area contributed by atoms with E-state index in [2.05, 4.69) is 24.2 Å². The summed E-state index contributed by atoms with van der Waals surface area (Å²) >= 11 is 0. The lowest BCUT2D eigenvalue weighted by Gasteiger charge is -2.36. The van der Waals surface area contributed by atoms with Crippen molar-refractivity contribution in [1.82, 2.24) is 14.9 Å². The minimum absolute atomic E-state index is 0.275. The van der Waals surface area contributed by atoms with E-state index < -0.39 is 11.0 Å². The number of allylic oxidation sites excluding steroid dienone is 1. The monoisotopic (exact) mass is 430 g/mol. The highest BCUT2D eigenvalue weighted by atomic mass is 32.2. The fraction of sp³-hybridized carbons (Fsp3) is 0.381. The Balaban J connectivity index is 1.71. The lowest BCUT2D eigenvalue weighted by Crippen LogP contribution is -2.48. The normalized spacial score (nSPS) is 17.6. The summed E-state index contributed by atoms with van der Waals surface area (Å²) in [7, 11) is -1.26. The number of piperazine rings is 1. The highest BCUT2D eigenvalue weighted by Gasteiger charge is 2.23. The molecule has 1 unspecified atom stereocenters. The Kier molecular flexibility index (Phi) is 7.28. The molecular formula is C21H27FN6OS. The number of hydrogen-bond donors (Lipinski definition) is 1. The van der Waals surface area contributed by atoms with Gasteiger partial charge in [-0.2, -0.15) is 4.40 Å². The zero-order chi connectivity index (χ0) is 21.7. The summed E-state index contributed by atoms with van der Waals surface area (Å²) in [6.07, 6.45) is 4.88. The zero-order valence-electron chi connectivity index (χ0n) is 17.5. The van der Waals surface area contributed by atoms with Gasteiger partial charge in [0.25, 0.3) is 0 Å². The molecule has 1 aliphatic rings. The van der Waals surface area contributed by atoms with Crippen LogP contribution in [-0.4, -0.2) is 63.8 Å². The molecular weight excluding hydrogens is 403 g/mol. The van der Waals surface area contributed by atoms with Gasteiger partial charge in [0.05, 0.1) is 5.71 Å². The van der Waals surface area contributed by atoms with Crippen LogP contribution in [0.5, 0.6) is 0 Å². The van der Waals surface area contributed by atoms with Crippen molar-refractivity contribution in [2.75, 3.05) is 43.9 Å². The van der Waals surface area contributed by atoms with E-state index in [-0.39, 0.29) is 5.82 Å². The van der Waals surface area contributed by atoms with Crippen molar-refractivity contribution in [3.63, 3.8) is 0 Å². The van der Waals surface area contributed by atoms with Crippen LogP contribution in [0.15, 0.2) is 52.3 Å². The minimum atomic E-state index is -1.26. The molecule has 2 aromatic rings. The number of rotatable bonds is 6. The van der Waals surface area contributed by atoms with Gasteiger partial charge in [0.15, 0.2) is 5.82 Å². The molecule has 7 nitrogen and oxygen atoms in total. The van der Waals surface area contributed by atoms with Gasteiger partial charge in [-0.05, 0) is 38.1 Å². The molecule has 0 spiro atoms. The van der Waals surface area contributed by atoms with Crippen molar-refractivity contribution >= 4 is 22.5 Å². The van der Waals surface area contributed by atoms with Gasteiger partial charge in [0.1, 0.15) is 22.5 Å². The third-order valence-electron chi connectivity index (χ3n) is 5.03. The van der Waals surface area contributed by atoms with Gasteiger partial charge in [0.2, 0.25) is 0 Å². The van der Waals surface area contributed by atoms with Crippen LogP contribution in [0.4, 0.5) is 10.2 Å². The van der Waals surface area contributed by atoms with Crippen molar-refractivity contribution in [2.24, 2.45) is 10.1 Å². The van der Waals surface area contributed by atoms with Crippen molar-refractivity contribution in [1.29, 1.82) is 0 Å². The zero-order valence-corrected chi connectivity index (χ0v) is 18.3. The average molecular weight is 431 g/mol. The van der Waals surface area contributed by atoms with Crippen molar-refractivity contribution in [2.45, 2.75) is 13.8 Å². The van der Waals surface area contributed by atoms with Crippen LogP contribution in [0, 0.1) is 5.82 Å². The summed E-state index contributed by atoms with van der Waals surface area (Å²) in [5, 5.41) is 0. The highest BCUT2D eigenvalue weighted by Crippen LogP contribution is 2.27. The topological polar surface area (TPSA) is 87.7 Å². The summed E-state index contributed by atoms with van der Waals surface area (Å²) in [5.74, 6) is 0.524. The van der Waals surface area contributed by atoms with Crippen LogP contribution in [0.2, 0.25) is 0 Å². The van der Waals surface area contributed by atoms with Gasteiger partial charge in [-0.1, -0.05) is 0 Å². The molecule has 0 aliphatic carbocycles. The van der Waals surface area contributed by atoms with Crippen LogP contribution in [0.1, 0.15) is 13.8 Å².